The molecule has 3 aromatic rings. The Kier molecular flexibility index (Phi) is 6.40. The van der Waals surface area contributed by atoms with Gasteiger partial charge in [0.25, 0.3) is 0 Å². The van der Waals surface area contributed by atoms with Crippen molar-refractivity contribution in [3.05, 3.63) is 71.9 Å². The molecule has 1 saturated heterocycles. The fourth-order valence-corrected chi connectivity index (χ4v) is 3.76. The van der Waals surface area contributed by atoms with Crippen LogP contribution in [0.5, 0.6) is 5.75 Å². The molecule has 0 saturated carbocycles. The minimum Gasteiger partial charge on any atom is -0.497 e. The van der Waals surface area contributed by atoms with E-state index in [2.05, 4.69) is 10.1 Å². The normalized spacial score (nSPS) is 16.6. The van der Waals surface area contributed by atoms with E-state index in [1.165, 1.54) is 6.07 Å². The monoisotopic (exact) mass is 421 g/mol. The van der Waals surface area contributed by atoms with E-state index >= 15 is 0 Å². The molecule has 0 bridgehead atoms. The molecule has 0 aliphatic carbocycles. The average molecular weight is 421 g/mol. The SMILES string of the molecule is COc1ccc(/C=C/C(=O)N2CCCC(Cc3nc(-c4ccccc4F)no3)C2)cc1. The highest BCUT2D eigenvalue weighted by Crippen LogP contribution is 2.24. The summed E-state index contributed by atoms with van der Waals surface area (Å²) >= 11 is 0. The molecule has 7 heteroatoms. The first-order valence-electron chi connectivity index (χ1n) is 10.3. The van der Waals surface area contributed by atoms with Gasteiger partial charge in [-0.05, 0) is 54.7 Å². The van der Waals surface area contributed by atoms with Crippen LogP contribution >= 0.6 is 0 Å². The third-order valence-corrected chi connectivity index (χ3v) is 5.41. The van der Waals surface area contributed by atoms with Gasteiger partial charge < -0.3 is 14.2 Å². The van der Waals surface area contributed by atoms with Gasteiger partial charge in [-0.2, -0.15) is 4.98 Å². The molecule has 2 heterocycles. The lowest BCUT2D eigenvalue weighted by atomic mass is 9.94. The topological polar surface area (TPSA) is 68.5 Å². The fourth-order valence-electron chi connectivity index (χ4n) is 3.76. The molecule has 31 heavy (non-hydrogen) atoms. The van der Waals surface area contributed by atoms with Crippen LogP contribution < -0.4 is 4.74 Å². The number of nitrogens with zero attached hydrogens (tertiary/aromatic N) is 3. The van der Waals surface area contributed by atoms with Crippen LogP contribution in [0.1, 0.15) is 24.3 Å². The maximum atomic E-state index is 13.9. The van der Waals surface area contributed by atoms with Crippen LogP contribution in [0.15, 0.2) is 59.1 Å². The number of piperidine rings is 1. The first-order chi connectivity index (χ1) is 15.1. The summed E-state index contributed by atoms with van der Waals surface area (Å²) in [5.41, 5.74) is 1.26. The quantitative estimate of drug-likeness (QED) is 0.553. The molecular formula is C24H24FN3O3. The van der Waals surface area contributed by atoms with Crippen LogP contribution in [0.25, 0.3) is 17.5 Å². The van der Waals surface area contributed by atoms with Crippen molar-refractivity contribution < 1.29 is 18.4 Å². The van der Waals surface area contributed by atoms with Crippen molar-refractivity contribution in [3.8, 4) is 17.1 Å². The van der Waals surface area contributed by atoms with Crippen molar-refractivity contribution in [2.24, 2.45) is 5.92 Å². The van der Waals surface area contributed by atoms with E-state index in [0.29, 0.717) is 24.4 Å². The second-order valence-corrected chi connectivity index (χ2v) is 7.59. The largest absolute Gasteiger partial charge is 0.497 e. The number of likely N-dealkylation sites (tertiary alicyclic amines) is 1. The highest BCUT2D eigenvalue weighted by atomic mass is 19.1. The third-order valence-electron chi connectivity index (χ3n) is 5.41. The zero-order valence-corrected chi connectivity index (χ0v) is 17.3. The molecule has 1 amide bonds. The van der Waals surface area contributed by atoms with Gasteiger partial charge in [-0.3, -0.25) is 4.79 Å². The molecule has 160 valence electrons. The molecule has 0 N–H and O–H groups in total. The highest BCUT2D eigenvalue weighted by molar-refractivity contribution is 5.91. The summed E-state index contributed by atoms with van der Waals surface area (Å²) in [5, 5.41) is 3.92. The zero-order chi connectivity index (χ0) is 21.6. The van der Waals surface area contributed by atoms with E-state index < -0.39 is 0 Å². The van der Waals surface area contributed by atoms with Crippen LogP contribution in [0.2, 0.25) is 0 Å². The Morgan fingerprint density at radius 2 is 2.06 bits per heavy atom. The Morgan fingerprint density at radius 3 is 2.84 bits per heavy atom. The summed E-state index contributed by atoms with van der Waals surface area (Å²) in [4.78, 5) is 18.8. The number of rotatable bonds is 6. The predicted octanol–water partition coefficient (Wildman–Crippen LogP) is 4.38. The lowest BCUT2D eigenvalue weighted by molar-refractivity contribution is -0.127. The maximum Gasteiger partial charge on any atom is 0.246 e. The van der Waals surface area contributed by atoms with Crippen molar-refractivity contribution in [2.75, 3.05) is 20.2 Å². The summed E-state index contributed by atoms with van der Waals surface area (Å²) in [6.45, 7) is 1.36. The van der Waals surface area contributed by atoms with E-state index in [-0.39, 0.29) is 23.5 Å². The van der Waals surface area contributed by atoms with Gasteiger partial charge in [0.15, 0.2) is 0 Å². The zero-order valence-electron chi connectivity index (χ0n) is 17.3. The van der Waals surface area contributed by atoms with Crippen molar-refractivity contribution in [1.29, 1.82) is 0 Å². The van der Waals surface area contributed by atoms with E-state index in [1.54, 1.807) is 31.4 Å². The van der Waals surface area contributed by atoms with Gasteiger partial charge in [0.2, 0.25) is 17.6 Å². The van der Waals surface area contributed by atoms with Gasteiger partial charge in [-0.1, -0.05) is 29.4 Å². The van der Waals surface area contributed by atoms with Gasteiger partial charge in [-0.15, -0.1) is 0 Å². The van der Waals surface area contributed by atoms with Gasteiger partial charge in [0, 0.05) is 25.6 Å². The fraction of sp³-hybridized carbons (Fsp3) is 0.292. The third kappa shape index (κ3) is 5.17. The summed E-state index contributed by atoms with van der Waals surface area (Å²) in [6.07, 6.45) is 5.87. The predicted molar refractivity (Wildman–Crippen MR) is 115 cm³/mol. The van der Waals surface area contributed by atoms with Crippen LogP contribution in [-0.2, 0) is 11.2 Å². The number of carbonyl (C=O) groups excluding carboxylic acids is 1. The lowest BCUT2D eigenvalue weighted by Crippen LogP contribution is -2.39. The Labute approximate surface area is 180 Å². The maximum absolute atomic E-state index is 13.9. The van der Waals surface area contributed by atoms with Crippen LogP contribution in [0, 0.1) is 11.7 Å². The van der Waals surface area contributed by atoms with Gasteiger partial charge >= 0.3 is 0 Å². The number of benzene rings is 2. The summed E-state index contributed by atoms with van der Waals surface area (Å²) < 4.78 is 24.4. The van der Waals surface area contributed by atoms with Gasteiger partial charge in [0.1, 0.15) is 11.6 Å². The van der Waals surface area contributed by atoms with Crippen LogP contribution in [0.3, 0.4) is 0 Å². The Hall–Kier alpha value is -3.48. The second kappa shape index (κ2) is 9.55. The van der Waals surface area contributed by atoms with Crippen molar-refractivity contribution in [3.63, 3.8) is 0 Å². The lowest BCUT2D eigenvalue weighted by Gasteiger charge is -2.31. The second-order valence-electron chi connectivity index (χ2n) is 7.59. The van der Waals surface area contributed by atoms with Crippen LogP contribution in [0.4, 0.5) is 4.39 Å². The molecule has 6 nitrogen and oxygen atoms in total. The van der Waals surface area contributed by atoms with Crippen molar-refractivity contribution in [2.45, 2.75) is 19.3 Å². The molecule has 4 rings (SSSR count). The first-order valence-corrected chi connectivity index (χ1v) is 10.3. The van der Waals surface area contributed by atoms with Crippen LogP contribution in [-0.4, -0.2) is 41.1 Å². The number of aromatic nitrogens is 2. The molecule has 1 aromatic heterocycles. The molecule has 0 radical (unpaired) electrons. The average Bonchev–Trinajstić information content (AvgIpc) is 3.26. The van der Waals surface area contributed by atoms with Gasteiger partial charge in [-0.25, -0.2) is 4.39 Å². The molecule has 1 aliphatic rings. The number of carbonyl (C=O) groups is 1. The summed E-state index contributed by atoms with van der Waals surface area (Å²) in [7, 11) is 1.62. The number of halogens is 1. The Morgan fingerprint density at radius 1 is 1.26 bits per heavy atom. The Balaban J connectivity index is 1.35. The molecule has 0 spiro atoms. The highest BCUT2D eigenvalue weighted by Gasteiger charge is 2.25. The molecule has 1 unspecified atom stereocenters. The summed E-state index contributed by atoms with van der Waals surface area (Å²) in [6, 6.07) is 13.9. The molecule has 1 fully saturated rings. The summed E-state index contributed by atoms with van der Waals surface area (Å²) in [5.74, 6) is 1.32. The molecule has 1 aliphatic heterocycles. The van der Waals surface area contributed by atoms with Crippen molar-refractivity contribution in [1.82, 2.24) is 15.0 Å². The molecule has 2 aromatic carbocycles. The van der Waals surface area contributed by atoms with Gasteiger partial charge in [0.05, 0.1) is 12.7 Å². The molecule has 1 atom stereocenters. The molecular weight excluding hydrogens is 397 g/mol. The van der Waals surface area contributed by atoms with E-state index in [9.17, 15) is 9.18 Å². The smallest absolute Gasteiger partial charge is 0.246 e. The number of amides is 1. The number of hydrogen-bond donors (Lipinski definition) is 0. The van der Waals surface area contributed by atoms with Crippen molar-refractivity contribution >= 4 is 12.0 Å². The van der Waals surface area contributed by atoms with E-state index in [4.69, 9.17) is 9.26 Å². The number of methoxy groups -OCH3 is 1. The van der Waals surface area contributed by atoms with E-state index in [1.807, 2.05) is 35.2 Å². The standard InChI is InChI=1S/C24H24FN3O3/c1-30-19-11-8-17(9-12-19)10-13-23(29)28-14-4-5-18(16-28)15-22-26-24(27-31-22)20-6-2-3-7-21(20)25/h2-3,6-13,18H,4-5,14-16H2,1H3/b13-10+. The minimum absolute atomic E-state index is 0.0157. The number of ether oxygens (including phenoxy) is 1. The first kappa shape index (κ1) is 20.8. The Bertz CT molecular complexity index is 1060. The van der Waals surface area contributed by atoms with E-state index in [0.717, 1.165) is 30.7 Å². The minimum atomic E-state index is -0.382. The number of hydrogen-bond acceptors (Lipinski definition) is 5.